The number of nitrogens with zero attached hydrogens (tertiary/aromatic N) is 2. The zero-order chi connectivity index (χ0) is 17.7. The smallest absolute Gasteiger partial charge is 0.317 e. The van der Waals surface area contributed by atoms with Crippen molar-refractivity contribution in [1.29, 1.82) is 0 Å². The van der Waals surface area contributed by atoms with Gasteiger partial charge in [0.25, 0.3) is 0 Å². The molecule has 1 aliphatic heterocycles. The number of methoxy groups -OCH3 is 1. The van der Waals surface area contributed by atoms with Gasteiger partial charge in [-0.1, -0.05) is 12.1 Å². The summed E-state index contributed by atoms with van der Waals surface area (Å²) in [6.45, 7) is 5.81. The van der Waals surface area contributed by atoms with Gasteiger partial charge in [0.1, 0.15) is 5.75 Å². The molecule has 0 aliphatic carbocycles. The van der Waals surface area contributed by atoms with Crippen molar-refractivity contribution < 1.29 is 14.3 Å². The minimum Gasteiger partial charge on any atom is -0.497 e. The Kier molecular flexibility index (Phi) is 6.45. The van der Waals surface area contributed by atoms with Crippen LogP contribution in [0.2, 0.25) is 0 Å². The highest BCUT2D eigenvalue weighted by Gasteiger charge is 2.26. The van der Waals surface area contributed by atoms with Crippen LogP contribution in [-0.4, -0.2) is 68.9 Å². The van der Waals surface area contributed by atoms with Crippen LogP contribution in [0.15, 0.2) is 24.3 Å². The molecule has 0 saturated carbocycles. The summed E-state index contributed by atoms with van der Waals surface area (Å²) >= 11 is 0. The fraction of sp³-hybridized carbons (Fsp3) is 0.611. The highest BCUT2D eigenvalue weighted by molar-refractivity contribution is 5.74. The molecule has 6 heteroatoms. The van der Waals surface area contributed by atoms with Gasteiger partial charge in [-0.3, -0.25) is 0 Å². The van der Waals surface area contributed by atoms with Gasteiger partial charge in [-0.2, -0.15) is 0 Å². The van der Waals surface area contributed by atoms with E-state index in [-0.39, 0.29) is 24.3 Å². The van der Waals surface area contributed by atoms with Crippen LogP contribution >= 0.6 is 0 Å². The van der Waals surface area contributed by atoms with Crippen molar-refractivity contribution >= 4 is 6.03 Å². The molecule has 24 heavy (non-hydrogen) atoms. The summed E-state index contributed by atoms with van der Waals surface area (Å²) in [6.07, 6.45) is 0.150. The summed E-state index contributed by atoms with van der Waals surface area (Å²) in [7, 11) is 5.68. The van der Waals surface area contributed by atoms with E-state index >= 15 is 0 Å². The van der Waals surface area contributed by atoms with E-state index < -0.39 is 0 Å². The Bertz CT molecular complexity index is 523. The van der Waals surface area contributed by atoms with E-state index in [4.69, 9.17) is 9.47 Å². The summed E-state index contributed by atoms with van der Waals surface area (Å²) in [5, 5.41) is 3.06. The van der Waals surface area contributed by atoms with Crippen molar-refractivity contribution in [1.82, 2.24) is 15.1 Å². The van der Waals surface area contributed by atoms with E-state index in [1.807, 2.05) is 57.1 Å². The molecule has 0 radical (unpaired) electrons. The van der Waals surface area contributed by atoms with E-state index in [9.17, 15) is 4.79 Å². The number of carbonyl (C=O) groups is 1. The minimum absolute atomic E-state index is 0.0302. The summed E-state index contributed by atoms with van der Waals surface area (Å²) in [4.78, 5) is 16.4. The number of hydrogen-bond acceptors (Lipinski definition) is 4. The Labute approximate surface area is 144 Å². The first kappa shape index (κ1) is 18.5. The molecule has 2 rings (SSSR count). The molecule has 3 atom stereocenters. The van der Waals surface area contributed by atoms with E-state index in [2.05, 4.69) is 10.2 Å². The van der Waals surface area contributed by atoms with Crippen molar-refractivity contribution in [2.75, 3.05) is 40.8 Å². The molecule has 1 N–H and O–H groups in total. The molecule has 0 aromatic heterocycles. The second-order valence-electron chi connectivity index (χ2n) is 6.60. The van der Waals surface area contributed by atoms with Crippen LogP contribution in [0.1, 0.15) is 25.5 Å². The first-order chi connectivity index (χ1) is 11.4. The number of hydrogen-bond donors (Lipinski definition) is 1. The molecule has 134 valence electrons. The average Bonchev–Trinajstić information content (AvgIpc) is 2.54. The second-order valence-corrected chi connectivity index (χ2v) is 6.60. The zero-order valence-electron chi connectivity index (χ0n) is 15.3. The third-order valence-electron chi connectivity index (χ3n) is 4.28. The SMILES string of the molecule is COc1ccc(C(CNC(=O)N2CC(C)OC(C)C2)N(C)C)cc1. The normalized spacial score (nSPS) is 22.3. The quantitative estimate of drug-likeness (QED) is 0.895. The number of benzene rings is 1. The molecule has 3 unspecified atom stereocenters. The van der Waals surface area contributed by atoms with Gasteiger partial charge in [-0.25, -0.2) is 4.79 Å². The molecular weight excluding hydrogens is 306 g/mol. The maximum atomic E-state index is 12.5. The number of nitrogens with one attached hydrogen (secondary N) is 1. The van der Waals surface area contributed by atoms with Gasteiger partial charge in [0.05, 0.1) is 25.4 Å². The van der Waals surface area contributed by atoms with Crippen LogP contribution in [0.4, 0.5) is 4.79 Å². The summed E-state index contributed by atoms with van der Waals surface area (Å²) in [6, 6.07) is 8.04. The highest BCUT2D eigenvalue weighted by atomic mass is 16.5. The van der Waals surface area contributed by atoms with Gasteiger partial charge >= 0.3 is 6.03 Å². The van der Waals surface area contributed by atoms with Crippen LogP contribution in [0.25, 0.3) is 0 Å². The predicted octanol–water partition coefficient (Wildman–Crippen LogP) is 2.12. The summed E-state index contributed by atoms with van der Waals surface area (Å²) < 4.78 is 10.9. The molecule has 6 nitrogen and oxygen atoms in total. The topological polar surface area (TPSA) is 54.0 Å². The lowest BCUT2D eigenvalue weighted by Crippen LogP contribution is -2.52. The number of likely N-dealkylation sites (N-methyl/N-ethyl adjacent to an activating group) is 1. The third kappa shape index (κ3) is 4.85. The molecule has 1 fully saturated rings. The Morgan fingerprint density at radius 3 is 2.38 bits per heavy atom. The van der Waals surface area contributed by atoms with Crippen LogP contribution in [0.3, 0.4) is 0 Å². The van der Waals surface area contributed by atoms with Crippen molar-refractivity contribution in [3.8, 4) is 5.75 Å². The third-order valence-corrected chi connectivity index (χ3v) is 4.28. The molecule has 1 aromatic carbocycles. The predicted molar refractivity (Wildman–Crippen MR) is 94.4 cm³/mol. The van der Waals surface area contributed by atoms with Gasteiger partial charge in [0.2, 0.25) is 0 Å². The van der Waals surface area contributed by atoms with Crippen LogP contribution in [-0.2, 0) is 4.74 Å². The van der Waals surface area contributed by atoms with E-state index in [0.29, 0.717) is 19.6 Å². The number of ether oxygens (including phenoxy) is 2. The Morgan fingerprint density at radius 1 is 1.29 bits per heavy atom. The molecular formula is C18H29N3O3. The average molecular weight is 335 g/mol. The molecule has 1 aromatic rings. The lowest BCUT2D eigenvalue weighted by Gasteiger charge is -2.36. The number of rotatable bonds is 5. The summed E-state index contributed by atoms with van der Waals surface area (Å²) in [5.74, 6) is 0.830. The first-order valence-corrected chi connectivity index (χ1v) is 8.39. The van der Waals surface area contributed by atoms with Gasteiger partial charge in [-0.05, 0) is 45.6 Å². The van der Waals surface area contributed by atoms with Crippen molar-refractivity contribution in [3.05, 3.63) is 29.8 Å². The van der Waals surface area contributed by atoms with Gasteiger partial charge in [0, 0.05) is 19.6 Å². The van der Waals surface area contributed by atoms with E-state index in [1.165, 1.54) is 0 Å². The second kappa shape index (κ2) is 8.35. The number of morpholine rings is 1. The Morgan fingerprint density at radius 2 is 1.88 bits per heavy atom. The van der Waals surface area contributed by atoms with Gasteiger partial charge in [-0.15, -0.1) is 0 Å². The van der Waals surface area contributed by atoms with Crippen LogP contribution < -0.4 is 10.1 Å². The maximum Gasteiger partial charge on any atom is 0.317 e. The van der Waals surface area contributed by atoms with Gasteiger partial charge < -0.3 is 24.6 Å². The van der Waals surface area contributed by atoms with Crippen molar-refractivity contribution in [3.63, 3.8) is 0 Å². The minimum atomic E-state index is -0.0302. The highest BCUT2D eigenvalue weighted by Crippen LogP contribution is 2.21. The van der Waals surface area contributed by atoms with Crippen LogP contribution in [0.5, 0.6) is 5.75 Å². The van der Waals surface area contributed by atoms with Crippen LogP contribution in [0, 0.1) is 0 Å². The Hall–Kier alpha value is -1.79. The van der Waals surface area contributed by atoms with E-state index in [0.717, 1.165) is 11.3 Å². The van der Waals surface area contributed by atoms with Crippen molar-refractivity contribution in [2.45, 2.75) is 32.1 Å². The molecule has 0 bridgehead atoms. The standard InChI is InChI=1S/C18H29N3O3/c1-13-11-21(12-14(2)24-13)18(22)19-10-17(20(3)4)15-6-8-16(23-5)9-7-15/h6-9,13-14,17H,10-12H2,1-5H3,(H,19,22). The molecule has 0 spiro atoms. The molecule has 1 heterocycles. The zero-order valence-corrected chi connectivity index (χ0v) is 15.3. The first-order valence-electron chi connectivity index (χ1n) is 8.39. The fourth-order valence-electron chi connectivity index (χ4n) is 3.06. The van der Waals surface area contributed by atoms with Crippen molar-refractivity contribution in [2.24, 2.45) is 0 Å². The lowest BCUT2D eigenvalue weighted by molar-refractivity contribution is -0.0546. The number of carbonyl (C=O) groups excluding carboxylic acids is 1. The largest absolute Gasteiger partial charge is 0.497 e. The van der Waals surface area contributed by atoms with Gasteiger partial charge in [0.15, 0.2) is 0 Å². The molecule has 2 amide bonds. The fourth-order valence-corrected chi connectivity index (χ4v) is 3.06. The number of amides is 2. The lowest BCUT2D eigenvalue weighted by atomic mass is 10.1. The molecule has 1 saturated heterocycles. The molecule has 1 aliphatic rings. The monoisotopic (exact) mass is 335 g/mol. The Balaban J connectivity index is 1.96. The number of urea groups is 1. The van der Waals surface area contributed by atoms with E-state index in [1.54, 1.807) is 7.11 Å². The summed E-state index contributed by atoms with van der Waals surface area (Å²) in [5.41, 5.74) is 1.14. The maximum absolute atomic E-state index is 12.5.